The van der Waals surface area contributed by atoms with E-state index in [2.05, 4.69) is 9.88 Å². The molecule has 2 rings (SSSR count). The van der Waals surface area contributed by atoms with Crippen molar-refractivity contribution in [3.8, 4) is 0 Å². The molecule has 0 saturated carbocycles. The van der Waals surface area contributed by atoms with Gasteiger partial charge in [0.25, 0.3) is 0 Å². The van der Waals surface area contributed by atoms with E-state index in [1.807, 2.05) is 42.8 Å². The normalized spacial score (nSPS) is 18.6. The fraction of sp³-hybridized carbons (Fsp3) is 0.714. The van der Waals surface area contributed by atoms with Crippen molar-refractivity contribution >= 4 is 5.91 Å². The molecular weight excluding hydrogens is 254 g/mol. The van der Waals surface area contributed by atoms with E-state index in [1.165, 1.54) is 0 Å². The van der Waals surface area contributed by atoms with Crippen LogP contribution in [0.5, 0.6) is 0 Å². The summed E-state index contributed by atoms with van der Waals surface area (Å²) < 4.78 is 2.03. The predicted octanol–water partition coefficient (Wildman–Crippen LogP) is 0.0476. The smallest absolute Gasteiger partial charge is 0.239 e. The van der Waals surface area contributed by atoms with Crippen LogP contribution in [0.15, 0.2) is 12.4 Å². The lowest BCUT2D eigenvalue weighted by Crippen LogP contribution is -2.54. The van der Waals surface area contributed by atoms with E-state index in [1.54, 1.807) is 0 Å². The maximum absolute atomic E-state index is 12.2. The van der Waals surface area contributed by atoms with Gasteiger partial charge in [0.2, 0.25) is 5.91 Å². The Morgan fingerprint density at radius 2 is 2.00 bits per heavy atom. The number of nitrogens with zero attached hydrogens (tertiary/aromatic N) is 4. The molecule has 2 heterocycles. The lowest BCUT2D eigenvalue weighted by Gasteiger charge is -2.36. The molecule has 1 aromatic heterocycles. The number of amides is 1. The second kappa shape index (κ2) is 6.37. The molecule has 0 aromatic carbocycles. The molecule has 1 atom stereocenters. The van der Waals surface area contributed by atoms with Gasteiger partial charge in [0.15, 0.2) is 0 Å². The van der Waals surface area contributed by atoms with Crippen molar-refractivity contribution in [3.63, 3.8) is 0 Å². The number of nitrogens with two attached hydrogens (primary N) is 1. The Kier molecular flexibility index (Phi) is 4.77. The number of piperazine rings is 1. The number of aryl methyl sites for hydroxylation is 1. The monoisotopic (exact) mass is 279 g/mol. The van der Waals surface area contributed by atoms with Gasteiger partial charge in [-0.15, -0.1) is 0 Å². The molecule has 0 bridgehead atoms. The minimum atomic E-state index is -0.379. The number of hydrogen-bond donors (Lipinski definition) is 1. The largest absolute Gasteiger partial charge is 0.339 e. The molecule has 0 aliphatic carbocycles. The zero-order valence-electron chi connectivity index (χ0n) is 12.6. The molecule has 112 valence electrons. The van der Waals surface area contributed by atoms with E-state index in [0.717, 1.165) is 38.5 Å². The third-order valence-corrected chi connectivity index (χ3v) is 3.97. The Morgan fingerprint density at radius 3 is 2.50 bits per heavy atom. The quantitative estimate of drug-likeness (QED) is 0.845. The van der Waals surface area contributed by atoms with Gasteiger partial charge in [0.05, 0.1) is 12.6 Å². The van der Waals surface area contributed by atoms with Gasteiger partial charge >= 0.3 is 0 Å². The standard InChI is InChI=1S/C14H25N5O/c1-11(2)13(15)14(20)19-8-6-18(7-9-19)10-12-16-4-5-17(12)3/h4-5,11,13H,6-10,15H2,1-3H3/t13-/m0/s1. The van der Waals surface area contributed by atoms with Gasteiger partial charge in [-0.25, -0.2) is 4.98 Å². The van der Waals surface area contributed by atoms with Crippen molar-refractivity contribution in [1.29, 1.82) is 0 Å². The molecule has 1 aliphatic heterocycles. The van der Waals surface area contributed by atoms with Crippen molar-refractivity contribution in [3.05, 3.63) is 18.2 Å². The molecule has 6 nitrogen and oxygen atoms in total. The summed E-state index contributed by atoms with van der Waals surface area (Å²) in [5.74, 6) is 1.33. The molecule has 0 unspecified atom stereocenters. The second-order valence-electron chi connectivity index (χ2n) is 5.83. The van der Waals surface area contributed by atoms with E-state index < -0.39 is 0 Å². The first kappa shape index (κ1) is 15.0. The predicted molar refractivity (Wildman–Crippen MR) is 77.9 cm³/mol. The van der Waals surface area contributed by atoms with E-state index in [4.69, 9.17) is 5.73 Å². The molecule has 0 radical (unpaired) electrons. The minimum absolute atomic E-state index is 0.0802. The Morgan fingerprint density at radius 1 is 1.35 bits per heavy atom. The minimum Gasteiger partial charge on any atom is -0.339 e. The molecule has 1 aliphatic rings. The highest BCUT2D eigenvalue weighted by Crippen LogP contribution is 2.10. The summed E-state index contributed by atoms with van der Waals surface area (Å²) in [6.45, 7) is 8.07. The fourth-order valence-electron chi connectivity index (χ4n) is 2.37. The van der Waals surface area contributed by atoms with Crippen molar-refractivity contribution in [2.75, 3.05) is 26.2 Å². The van der Waals surface area contributed by atoms with Crippen molar-refractivity contribution in [1.82, 2.24) is 19.4 Å². The first-order chi connectivity index (χ1) is 9.49. The summed E-state index contributed by atoms with van der Waals surface area (Å²) in [7, 11) is 2.00. The number of aromatic nitrogens is 2. The number of carbonyl (C=O) groups excluding carboxylic acids is 1. The van der Waals surface area contributed by atoms with Crippen LogP contribution in [0.2, 0.25) is 0 Å². The van der Waals surface area contributed by atoms with Gasteiger partial charge in [-0.1, -0.05) is 13.8 Å². The lowest BCUT2D eigenvalue weighted by atomic mass is 10.0. The van der Waals surface area contributed by atoms with Crippen LogP contribution >= 0.6 is 0 Å². The Balaban J connectivity index is 1.83. The van der Waals surface area contributed by atoms with E-state index >= 15 is 0 Å². The Labute approximate surface area is 120 Å². The average Bonchev–Trinajstić information content (AvgIpc) is 2.83. The maximum atomic E-state index is 12.2. The molecular formula is C14H25N5O. The van der Waals surface area contributed by atoms with Crippen molar-refractivity contribution in [2.45, 2.75) is 26.4 Å². The lowest BCUT2D eigenvalue weighted by molar-refractivity contribution is -0.135. The molecule has 20 heavy (non-hydrogen) atoms. The summed E-state index contributed by atoms with van der Waals surface area (Å²) in [5, 5.41) is 0. The van der Waals surface area contributed by atoms with Crippen LogP contribution in [0.25, 0.3) is 0 Å². The summed E-state index contributed by atoms with van der Waals surface area (Å²) in [5.41, 5.74) is 5.94. The third kappa shape index (κ3) is 3.37. The van der Waals surface area contributed by atoms with Crippen LogP contribution in [-0.2, 0) is 18.4 Å². The Hall–Kier alpha value is -1.40. The molecule has 0 spiro atoms. The summed E-state index contributed by atoms with van der Waals surface area (Å²) in [4.78, 5) is 20.7. The second-order valence-corrected chi connectivity index (χ2v) is 5.83. The van der Waals surface area contributed by atoms with Crippen LogP contribution < -0.4 is 5.73 Å². The maximum Gasteiger partial charge on any atom is 0.239 e. The van der Waals surface area contributed by atoms with E-state index in [9.17, 15) is 4.79 Å². The highest BCUT2D eigenvalue weighted by Gasteiger charge is 2.27. The van der Waals surface area contributed by atoms with Gasteiger partial charge < -0.3 is 15.2 Å². The number of imidazole rings is 1. The molecule has 6 heteroatoms. The van der Waals surface area contributed by atoms with Crippen LogP contribution in [0.4, 0.5) is 0 Å². The highest BCUT2D eigenvalue weighted by atomic mass is 16.2. The van der Waals surface area contributed by atoms with E-state index in [0.29, 0.717) is 0 Å². The first-order valence-corrected chi connectivity index (χ1v) is 7.22. The molecule has 1 aromatic rings. The van der Waals surface area contributed by atoms with Gasteiger partial charge in [0, 0.05) is 45.6 Å². The van der Waals surface area contributed by atoms with Crippen LogP contribution in [-0.4, -0.2) is 57.5 Å². The number of rotatable bonds is 4. The Bertz CT molecular complexity index is 448. The fourth-order valence-corrected chi connectivity index (χ4v) is 2.37. The number of carbonyl (C=O) groups is 1. The molecule has 1 fully saturated rings. The van der Waals surface area contributed by atoms with Gasteiger partial charge in [0.1, 0.15) is 5.82 Å². The van der Waals surface area contributed by atoms with Crippen LogP contribution in [0.1, 0.15) is 19.7 Å². The highest BCUT2D eigenvalue weighted by molar-refractivity contribution is 5.82. The van der Waals surface area contributed by atoms with Gasteiger partial charge in [-0.3, -0.25) is 9.69 Å². The van der Waals surface area contributed by atoms with Crippen molar-refractivity contribution in [2.24, 2.45) is 18.7 Å². The molecule has 1 amide bonds. The molecule has 2 N–H and O–H groups in total. The summed E-state index contributed by atoms with van der Waals surface area (Å²) in [6.07, 6.45) is 3.77. The van der Waals surface area contributed by atoms with Crippen LogP contribution in [0.3, 0.4) is 0 Å². The van der Waals surface area contributed by atoms with Crippen LogP contribution in [0, 0.1) is 5.92 Å². The summed E-state index contributed by atoms with van der Waals surface area (Å²) in [6, 6.07) is -0.379. The SMILES string of the molecule is CC(C)[C@H](N)C(=O)N1CCN(Cc2nccn2C)CC1. The zero-order valence-corrected chi connectivity index (χ0v) is 12.6. The molecule has 1 saturated heterocycles. The third-order valence-electron chi connectivity index (χ3n) is 3.97. The number of hydrogen-bond acceptors (Lipinski definition) is 4. The van der Waals surface area contributed by atoms with Gasteiger partial charge in [-0.05, 0) is 5.92 Å². The summed E-state index contributed by atoms with van der Waals surface area (Å²) >= 11 is 0. The average molecular weight is 279 g/mol. The zero-order chi connectivity index (χ0) is 14.7. The topological polar surface area (TPSA) is 67.4 Å². The van der Waals surface area contributed by atoms with E-state index in [-0.39, 0.29) is 17.9 Å². The first-order valence-electron chi connectivity index (χ1n) is 7.22. The van der Waals surface area contributed by atoms with Gasteiger partial charge in [-0.2, -0.15) is 0 Å². The van der Waals surface area contributed by atoms with Crippen molar-refractivity contribution < 1.29 is 4.79 Å².